The summed E-state index contributed by atoms with van der Waals surface area (Å²) < 4.78 is 5.10. The minimum Gasteiger partial charge on any atom is -0.383 e. The Labute approximate surface area is 106 Å². The molecular formula is C13H27N3O. The van der Waals surface area contributed by atoms with E-state index in [2.05, 4.69) is 37.1 Å². The number of hydrogen-bond acceptors (Lipinski definition) is 4. The Morgan fingerprint density at radius 1 is 1.35 bits per heavy atom. The highest BCUT2D eigenvalue weighted by Crippen LogP contribution is 2.02. The largest absolute Gasteiger partial charge is 0.383 e. The van der Waals surface area contributed by atoms with Crippen LogP contribution in [0.5, 0.6) is 0 Å². The van der Waals surface area contributed by atoms with E-state index in [-0.39, 0.29) is 6.04 Å². The molecule has 1 unspecified atom stereocenters. The van der Waals surface area contributed by atoms with Crippen LogP contribution >= 0.6 is 0 Å². The van der Waals surface area contributed by atoms with E-state index in [4.69, 9.17) is 10.00 Å². The molecule has 0 rings (SSSR count). The van der Waals surface area contributed by atoms with Gasteiger partial charge in [0.1, 0.15) is 0 Å². The van der Waals surface area contributed by atoms with Crippen LogP contribution < -0.4 is 5.32 Å². The number of nitrogens with zero attached hydrogens (tertiary/aromatic N) is 2. The maximum absolute atomic E-state index is 9.02. The third-order valence-corrected chi connectivity index (χ3v) is 2.81. The van der Waals surface area contributed by atoms with Crippen molar-refractivity contribution in [3.8, 4) is 6.07 Å². The molecule has 0 aromatic heterocycles. The van der Waals surface area contributed by atoms with E-state index in [0.717, 1.165) is 39.1 Å². The molecule has 0 aromatic carbocycles. The Bertz CT molecular complexity index is 213. The van der Waals surface area contributed by atoms with Gasteiger partial charge >= 0.3 is 0 Å². The molecule has 1 atom stereocenters. The van der Waals surface area contributed by atoms with Crippen LogP contribution in [0, 0.1) is 11.3 Å². The van der Waals surface area contributed by atoms with Crippen molar-refractivity contribution in [1.82, 2.24) is 10.2 Å². The molecule has 1 N–H and O–H groups in total. The smallest absolute Gasteiger partial charge is 0.0965 e. The van der Waals surface area contributed by atoms with Gasteiger partial charge < -0.3 is 10.1 Å². The van der Waals surface area contributed by atoms with E-state index in [9.17, 15) is 0 Å². The molecule has 0 aliphatic carbocycles. The van der Waals surface area contributed by atoms with Gasteiger partial charge in [-0.1, -0.05) is 6.92 Å². The monoisotopic (exact) mass is 241 g/mol. The Kier molecular flexibility index (Phi) is 10.1. The predicted octanol–water partition coefficient (Wildman–Crippen LogP) is 1.63. The van der Waals surface area contributed by atoms with Gasteiger partial charge in [-0.2, -0.15) is 5.26 Å². The van der Waals surface area contributed by atoms with Crippen LogP contribution in [0.25, 0.3) is 0 Å². The summed E-state index contributed by atoms with van der Waals surface area (Å²) in [6.07, 6.45) is 1.94. The van der Waals surface area contributed by atoms with Gasteiger partial charge in [-0.3, -0.25) is 4.90 Å². The summed E-state index contributed by atoms with van der Waals surface area (Å²) >= 11 is 0. The third kappa shape index (κ3) is 8.14. The second-order valence-corrected chi connectivity index (χ2v) is 4.55. The molecule has 100 valence electrons. The Hall–Kier alpha value is -0.630. The summed E-state index contributed by atoms with van der Waals surface area (Å²) in [4.78, 5) is 2.35. The van der Waals surface area contributed by atoms with Crippen LogP contribution in [0.4, 0.5) is 0 Å². The molecule has 17 heavy (non-hydrogen) atoms. The zero-order valence-corrected chi connectivity index (χ0v) is 11.7. The van der Waals surface area contributed by atoms with Gasteiger partial charge in [0.2, 0.25) is 0 Å². The van der Waals surface area contributed by atoms with Crippen LogP contribution in [-0.4, -0.2) is 50.3 Å². The van der Waals surface area contributed by atoms with Crippen molar-refractivity contribution in [2.75, 3.05) is 33.4 Å². The van der Waals surface area contributed by atoms with E-state index < -0.39 is 0 Å². The van der Waals surface area contributed by atoms with Gasteiger partial charge in [0.15, 0.2) is 0 Å². The van der Waals surface area contributed by atoms with E-state index in [1.165, 1.54) is 0 Å². The molecule has 0 bridgehead atoms. The van der Waals surface area contributed by atoms with Gasteiger partial charge in [-0.05, 0) is 33.2 Å². The standard InChI is InChI=1S/C13H27N3O/c1-5-7-15-13(11-14)6-8-16(12(2)3)9-10-17-4/h12-13,15H,5-10H2,1-4H3. The fraction of sp³-hybridized carbons (Fsp3) is 0.923. The maximum atomic E-state index is 9.02. The van der Waals surface area contributed by atoms with Crippen LogP contribution in [-0.2, 0) is 4.74 Å². The van der Waals surface area contributed by atoms with Crippen LogP contribution in [0.15, 0.2) is 0 Å². The van der Waals surface area contributed by atoms with Crippen LogP contribution in [0.3, 0.4) is 0 Å². The summed E-state index contributed by atoms with van der Waals surface area (Å²) in [5.41, 5.74) is 0. The second kappa shape index (κ2) is 10.5. The van der Waals surface area contributed by atoms with Gasteiger partial charge in [0.05, 0.1) is 18.7 Å². The molecule has 0 aromatic rings. The highest BCUT2D eigenvalue weighted by atomic mass is 16.5. The molecule has 0 aliphatic rings. The van der Waals surface area contributed by atoms with Crippen LogP contribution in [0.2, 0.25) is 0 Å². The van der Waals surface area contributed by atoms with E-state index >= 15 is 0 Å². The molecule has 0 aliphatic heterocycles. The molecule has 0 radical (unpaired) electrons. The van der Waals surface area contributed by atoms with Crippen molar-refractivity contribution in [2.24, 2.45) is 0 Å². The molecule has 0 amide bonds. The van der Waals surface area contributed by atoms with Gasteiger partial charge in [0, 0.05) is 26.2 Å². The molecule has 0 fully saturated rings. The first-order valence-corrected chi connectivity index (χ1v) is 6.51. The lowest BCUT2D eigenvalue weighted by Crippen LogP contribution is -2.38. The Morgan fingerprint density at radius 2 is 2.06 bits per heavy atom. The van der Waals surface area contributed by atoms with Crippen molar-refractivity contribution in [1.29, 1.82) is 5.26 Å². The third-order valence-electron chi connectivity index (χ3n) is 2.81. The quantitative estimate of drug-likeness (QED) is 0.631. The molecule has 4 nitrogen and oxygen atoms in total. The second-order valence-electron chi connectivity index (χ2n) is 4.55. The average molecular weight is 241 g/mol. The summed E-state index contributed by atoms with van der Waals surface area (Å²) in [7, 11) is 1.72. The first kappa shape index (κ1) is 16.4. The summed E-state index contributed by atoms with van der Waals surface area (Å²) in [5, 5.41) is 12.3. The number of hydrogen-bond donors (Lipinski definition) is 1. The zero-order chi connectivity index (χ0) is 13.1. The van der Waals surface area contributed by atoms with Gasteiger partial charge in [-0.15, -0.1) is 0 Å². The summed E-state index contributed by atoms with van der Waals surface area (Å²) in [6, 6.07) is 2.79. The normalized spacial score (nSPS) is 13.0. The minimum absolute atomic E-state index is 0.0289. The lowest BCUT2D eigenvalue weighted by atomic mass is 10.2. The topological polar surface area (TPSA) is 48.3 Å². The summed E-state index contributed by atoms with van der Waals surface area (Å²) in [5.74, 6) is 0. The summed E-state index contributed by atoms with van der Waals surface area (Å²) in [6.45, 7) is 10.00. The van der Waals surface area contributed by atoms with Crippen LogP contribution in [0.1, 0.15) is 33.6 Å². The average Bonchev–Trinajstić information content (AvgIpc) is 2.32. The Morgan fingerprint density at radius 3 is 2.53 bits per heavy atom. The van der Waals surface area contributed by atoms with E-state index in [0.29, 0.717) is 6.04 Å². The molecule has 0 spiro atoms. The number of nitriles is 1. The van der Waals surface area contributed by atoms with Gasteiger partial charge in [-0.25, -0.2) is 0 Å². The molecule has 0 heterocycles. The number of nitrogens with one attached hydrogen (secondary N) is 1. The van der Waals surface area contributed by atoms with Crippen molar-refractivity contribution >= 4 is 0 Å². The molecule has 0 saturated heterocycles. The lowest BCUT2D eigenvalue weighted by Gasteiger charge is -2.27. The molecule has 4 heteroatoms. The van der Waals surface area contributed by atoms with Gasteiger partial charge in [0.25, 0.3) is 0 Å². The zero-order valence-electron chi connectivity index (χ0n) is 11.7. The number of rotatable bonds is 10. The minimum atomic E-state index is -0.0289. The Balaban J connectivity index is 3.96. The van der Waals surface area contributed by atoms with E-state index in [1.807, 2.05) is 0 Å². The fourth-order valence-electron chi connectivity index (χ4n) is 1.66. The SMILES string of the molecule is CCCNC(C#N)CCN(CCOC)C(C)C. The predicted molar refractivity (Wildman–Crippen MR) is 70.9 cm³/mol. The first-order valence-electron chi connectivity index (χ1n) is 6.51. The number of ether oxygens (including phenoxy) is 1. The molecule has 0 saturated carbocycles. The number of methoxy groups -OCH3 is 1. The van der Waals surface area contributed by atoms with Crippen molar-refractivity contribution < 1.29 is 4.74 Å². The lowest BCUT2D eigenvalue weighted by molar-refractivity contribution is 0.127. The van der Waals surface area contributed by atoms with Crippen molar-refractivity contribution in [3.63, 3.8) is 0 Å². The highest BCUT2D eigenvalue weighted by molar-refractivity contribution is 4.90. The molecular weight excluding hydrogens is 214 g/mol. The maximum Gasteiger partial charge on any atom is 0.0965 e. The first-order chi connectivity index (χ1) is 8.15. The fourth-order valence-corrected chi connectivity index (χ4v) is 1.66. The van der Waals surface area contributed by atoms with E-state index in [1.54, 1.807) is 7.11 Å². The van der Waals surface area contributed by atoms with Crippen molar-refractivity contribution in [3.05, 3.63) is 0 Å². The highest BCUT2D eigenvalue weighted by Gasteiger charge is 2.12. The van der Waals surface area contributed by atoms with Crippen molar-refractivity contribution in [2.45, 2.75) is 45.7 Å².